The molecule has 0 aromatic heterocycles. The summed E-state index contributed by atoms with van der Waals surface area (Å²) < 4.78 is 13.8. The molecule has 0 aromatic rings. The molecule has 0 aromatic carbocycles. The Morgan fingerprint density at radius 1 is 1.50 bits per heavy atom. The van der Waals surface area contributed by atoms with E-state index < -0.39 is 30.1 Å². The molecule has 0 spiro atoms. The van der Waals surface area contributed by atoms with Gasteiger partial charge in [-0.1, -0.05) is 0 Å². The van der Waals surface area contributed by atoms with Gasteiger partial charge in [-0.3, -0.25) is 9.59 Å². The van der Waals surface area contributed by atoms with Gasteiger partial charge in [0.25, 0.3) is 0 Å². The molecular formula is C8H10O6. The van der Waals surface area contributed by atoms with Crippen LogP contribution in [0.1, 0.15) is 13.3 Å². The van der Waals surface area contributed by atoms with Crippen LogP contribution in [0.25, 0.3) is 0 Å². The molecule has 6 heteroatoms. The predicted molar refractivity (Wildman–Crippen MR) is 42.1 cm³/mol. The number of methoxy groups -OCH3 is 1. The Kier molecular flexibility index (Phi) is 3.06. The summed E-state index contributed by atoms with van der Waals surface area (Å²) >= 11 is 0. The second-order valence-corrected chi connectivity index (χ2v) is 2.79. The molecule has 1 heterocycles. The fourth-order valence-electron chi connectivity index (χ4n) is 1.17. The van der Waals surface area contributed by atoms with Gasteiger partial charge < -0.3 is 14.2 Å². The molecule has 14 heavy (non-hydrogen) atoms. The van der Waals surface area contributed by atoms with E-state index in [0.717, 1.165) is 0 Å². The summed E-state index contributed by atoms with van der Waals surface area (Å²) in [5.74, 6) is -1.86. The second-order valence-electron chi connectivity index (χ2n) is 2.79. The minimum atomic E-state index is -1.13. The van der Waals surface area contributed by atoms with Gasteiger partial charge in [-0.05, 0) is 0 Å². The van der Waals surface area contributed by atoms with Crippen molar-refractivity contribution >= 4 is 17.9 Å². The minimum absolute atomic E-state index is 0.112. The van der Waals surface area contributed by atoms with Gasteiger partial charge in [-0.15, -0.1) is 0 Å². The Morgan fingerprint density at radius 2 is 2.14 bits per heavy atom. The summed E-state index contributed by atoms with van der Waals surface area (Å²) in [6.07, 6.45) is -2.11. The van der Waals surface area contributed by atoms with Crippen molar-refractivity contribution in [1.29, 1.82) is 0 Å². The van der Waals surface area contributed by atoms with Crippen molar-refractivity contribution in [2.24, 2.45) is 0 Å². The maximum atomic E-state index is 11.1. The quantitative estimate of drug-likeness (QED) is 0.439. The first-order chi connectivity index (χ1) is 6.54. The Bertz CT molecular complexity index is 271. The lowest BCUT2D eigenvalue weighted by Crippen LogP contribution is -2.34. The maximum Gasteiger partial charge on any atom is 0.351 e. The third kappa shape index (κ3) is 2.21. The molecule has 0 bridgehead atoms. The molecule has 2 unspecified atom stereocenters. The van der Waals surface area contributed by atoms with Gasteiger partial charge in [-0.2, -0.15) is 0 Å². The van der Waals surface area contributed by atoms with Crippen LogP contribution in [-0.2, 0) is 28.6 Å². The van der Waals surface area contributed by atoms with Gasteiger partial charge in [0.15, 0.2) is 6.10 Å². The fourth-order valence-corrected chi connectivity index (χ4v) is 1.17. The number of ether oxygens (including phenoxy) is 3. The van der Waals surface area contributed by atoms with Crippen LogP contribution in [0, 0.1) is 0 Å². The topological polar surface area (TPSA) is 78.9 Å². The van der Waals surface area contributed by atoms with Crippen LogP contribution in [0.4, 0.5) is 0 Å². The molecule has 1 aliphatic heterocycles. The van der Waals surface area contributed by atoms with Crippen molar-refractivity contribution in [2.75, 3.05) is 7.11 Å². The number of cyclic esters (lactones) is 1. The molecule has 0 N–H and O–H groups in total. The molecule has 0 aliphatic carbocycles. The lowest BCUT2D eigenvalue weighted by molar-refractivity contribution is -0.166. The van der Waals surface area contributed by atoms with E-state index in [4.69, 9.17) is 4.74 Å². The van der Waals surface area contributed by atoms with E-state index in [2.05, 4.69) is 9.47 Å². The van der Waals surface area contributed by atoms with Crippen molar-refractivity contribution in [1.82, 2.24) is 0 Å². The summed E-state index contributed by atoms with van der Waals surface area (Å²) in [5.41, 5.74) is 0. The normalized spacial score (nSPS) is 25.4. The number of hydrogen-bond acceptors (Lipinski definition) is 6. The highest BCUT2D eigenvalue weighted by molar-refractivity contribution is 5.84. The van der Waals surface area contributed by atoms with Crippen LogP contribution in [0.3, 0.4) is 0 Å². The average Bonchev–Trinajstić information content (AvgIpc) is 2.44. The van der Waals surface area contributed by atoms with E-state index in [9.17, 15) is 14.4 Å². The molecule has 6 nitrogen and oxygen atoms in total. The number of hydrogen-bond donors (Lipinski definition) is 0. The van der Waals surface area contributed by atoms with Gasteiger partial charge in [0.05, 0.1) is 13.5 Å². The number of rotatable bonds is 2. The summed E-state index contributed by atoms with van der Waals surface area (Å²) in [5, 5.41) is 0. The van der Waals surface area contributed by atoms with Crippen LogP contribution in [0.5, 0.6) is 0 Å². The zero-order chi connectivity index (χ0) is 10.7. The summed E-state index contributed by atoms with van der Waals surface area (Å²) in [6, 6.07) is 0. The zero-order valence-corrected chi connectivity index (χ0v) is 7.81. The van der Waals surface area contributed by atoms with Crippen molar-refractivity contribution in [3.05, 3.63) is 0 Å². The largest absolute Gasteiger partial charge is 0.466 e. The molecular weight excluding hydrogens is 192 g/mol. The van der Waals surface area contributed by atoms with Crippen LogP contribution < -0.4 is 0 Å². The highest BCUT2D eigenvalue weighted by atomic mass is 16.6. The van der Waals surface area contributed by atoms with Crippen molar-refractivity contribution in [3.8, 4) is 0 Å². The first kappa shape index (κ1) is 10.5. The Labute approximate surface area is 80.1 Å². The van der Waals surface area contributed by atoms with E-state index in [-0.39, 0.29) is 6.42 Å². The minimum Gasteiger partial charge on any atom is -0.466 e. The van der Waals surface area contributed by atoms with Gasteiger partial charge >= 0.3 is 17.9 Å². The van der Waals surface area contributed by atoms with Gasteiger partial charge in [0.1, 0.15) is 0 Å². The highest BCUT2D eigenvalue weighted by Gasteiger charge is 2.43. The van der Waals surface area contributed by atoms with Crippen molar-refractivity contribution < 1.29 is 28.6 Å². The average molecular weight is 202 g/mol. The van der Waals surface area contributed by atoms with E-state index >= 15 is 0 Å². The predicted octanol–water partition coefficient (Wildman–Crippen LogP) is -0.593. The lowest BCUT2D eigenvalue weighted by atomic mass is 10.2. The second kappa shape index (κ2) is 4.08. The van der Waals surface area contributed by atoms with E-state index in [1.54, 1.807) is 0 Å². The van der Waals surface area contributed by atoms with E-state index in [1.807, 2.05) is 0 Å². The lowest BCUT2D eigenvalue weighted by Gasteiger charge is -2.14. The standard InChI is InChI=1S/C8H10O6/c1-4(9)13-5-3-6(10)14-7(5)8(11)12-2/h5,7H,3H2,1-2H3. The molecule has 1 aliphatic rings. The number of carbonyl (C=O) groups excluding carboxylic acids is 3. The fraction of sp³-hybridized carbons (Fsp3) is 0.625. The Hall–Kier alpha value is -1.59. The summed E-state index contributed by atoms with van der Waals surface area (Å²) in [7, 11) is 1.17. The van der Waals surface area contributed by atoms with Crippen LogP contribution >= 0.6 is 0 Å². The van der Waals surface area contributed by atoms with Crippen LogP contribution in [0.15, 0.2) is 0 Å². The van der Waals surface area contributed by atoms with Crippen molar-refractivity contribution in [3.63, 3.8) is 0 Å². The Morgan fingerprint density at radius 3 is 2.64 bits per heavy atom. The number of carbonyl (C=O) groups is 3. The third-order valence-electron chi connectivity index (χ3n) is 1.71. The molecule has 78 valence electrons. The van der Waals surface area contributed by atoms with Gasteiger partial charge in [-0.25, -0.2) is 4.79 Å². The first-order valence-corrected chi connectivity index (χ1v) is 3.99. The molecule has 1 fully saturated rings. The molecule has 1 rings (SSSR count). The zero-order valence-electron chi connectivity index (χ0n) is 7.81. The summed E-state index contributed by atoms with van der Waals surface area (Å²) in [4.78, 5) is 32.5. The van der Waals surface area contributed by atoms with E-state index in [1.165, 1.54) is 14.0 Å². The maximum absolute atomic E-state index is 11.1. The van der Waals surface area contributed by atoms with Crippen LogP contribution in [-0.4, -0.2) is 37.2 Å². The van der Waals surface area contributed by atoms with Crippen molar-refractivity contribution in [2.45, 2.75) is 25.6 Å². The molecule has 0 amide bonds. The van der Waals surface area contributed by atoms with Crippen LogP contribution in [0.2, 0.25) is 0 Å². The molecule has 0 radical (unpaired) electrons. The Balaban J connectivity index is 2.67. The first-order valence-electron chi connectivity index (χ1n) is 3.99. The smallest absolute Gasteiger partial charge is 0.351 e. The monoisotopic (exact) mass is 202 g/mol. The third-order valence-corrected chi connectivity index (χ3v) is 1.71. The molecule has 2 atom stereocenters. The molecule has 0 saturated carbocycles. The summed E-state index contributed by atoms with van der Waals surface area (Å²) in [6.45, 7) is 1.19. The SMILES string of the molecule is COC(=O)C1OC(=O)CC1OC(C)=O. The molecule has 1 saturated heterocycles. The number of esters is 3. The van der Waals surface area contributed by atoms with Gasteiger partial charge in [0.2, 0.25) is 6.10 Å². The van der Waals surface area contributed by atoms with Gasteiger partial charge in [0, 0.05) is 6.92 Å². The highest BCUT2D eigenvalue weighted by Crippen LogP contribution is 2.19. The van der Waals surface area contributed by atoms with E-state index in [0.29, 0.717) is 0 Å².